The molecule has 0 fully saturated rings. The molecule has 1 aromatic heterocycles. The van der Waals surface area contributed by atoms with E-state index in [1.54, 1.807) is 47.9 Å². The molecule has 0 spiro atoms. The third-order valence-electron chi connectivity index (χ3n) is 3.70. The first-order chi connectivity index (χ1) is 12.4. The lowest BCUT2D eigenvalue weighted by Gasteiger charge is -2.11. The quantitative estimate of drug-likeness (QED) is 0.656. The highest BCUT2D eigenvalue weighted by Crippen LogP contribution is 2.26. The summed E-state index contributed by atoms with van der Waals surface area (Å²) in [5.41, 5.74) is 1.43. The zero-order valence-corrected chi connectivity index (χ0v) is 15.7. The standard InChI is InChI=1S/C18H16ClFN4OS/c1-11(17(25)21-15-9-5-13(19)6-10-15)26-18-23-22-16(24(18)2)12-3-7-14(20)8-4-12/h3-11H,1-2H3,(H,21,25)/t11-/m1/s1. The molecule has 26 heavy (non-hydrogen) atoms. The minimum Gasteiger partial charge on any atom is -0.325 e. The smallest absolute Gasteiger partial charge is 0.237 e. The summed E-state index contributed by atoms with van der Waals surface area (Å²) in [7, 11) is 1.81. The number of rotatable bonds is 5. The number of anilines is 1. The Bertz CT molecular complexity index is 912. The van der Waals surface area contributed by atoms with Crippen molar-refractivity contribution in [3.8, 4) is 11.4 Å². The van der Waals surface area contributed by atoms with Crippen molar-refractivity contribution >= 4 is 35.0 Å². The average Bonchev–Trinajstić information content (AvgIpc) is 2.98. The Kier molecular flexibility index (Phi) is 5.58. The van der Waals surface area contributed by atoms with Crippen LogP contribution in [0.15, 0.2) is 53.7 Å². The van der Waals surface area contributed by atoms with Crippen LogP contribution in [0.4, 0.5) is 10.1 Å². The zero-order valence-electron chi connectivity index (χ0n) is 14.1. The highest BCUT2D eigenvalue weighted by atomic mass is 35.5. The SMILES string of the molecule is C[C@@H](Sc1nnc(-c2ccc(F)cc2)n1C)C(=O)Nc1ccc(Cl)cc1. The van der Waals surface area contributed by atoms with Crippen molar-refractivity contribution in [2.75, 3.05) is 5.32 Å². The van der Waals surface area contributed by atoms with Crippen LogP contribution in [0.2, 0.25) is 5.02 Å². The summed E-state index contributed by atoms with van der Waals surface area (Å²) in [6.45, 7) is 1.79. The van der Waals surface area contributed by atoms with Crippen molar-refractivity contribution in [2.45, 2.75) is 17.3 Å². The van der Waals surface area contributed by atoms with Gasteiger partial charge in [0.2, 0.25) is 5.91 Å². The first kappa shape index (κ1) is 18.4. The van der Waals surface area contributed by atoms with Crippen molar-refractivity contribution in [1.29, 1.82) is 0 Å². The van der Waals surface area contributed by atoms with Crippen molar-refractivity contribution < 1.29 is 9.18 Å². The van der Waals surface area contributed by atoms with Gasteiger partial charge in [-0.1, -0.05) is 23.4 Å². The molecule has 1 N–H and O–H groups in total. The Morgan fingerprint density at radius 1 is 1.15 bits per heavy atom. The molecule has 0 bridgehead atoms. The second-order valence-corrected chi connectivity index (χ2v) is 7.37. The molecule has 0 aliphatic heterocycles. The highest BCUT2D eigenvalue weighted by molar-refractivity contribution is 8.00. The maximum Gasteiger partial charge on any atom is 0.237 e. The van der Waals surface area contributed by atoms with Gasteiger partial charge in [0.05, 0.1) is 5.25 Å². The maximum absolute atomic E-state index is 13.1. The molecular formula is C18H16ClFN4OS. The van der Waals surface area contributed by atoms with Crippen LogP contribution in [0.1, 0.15) is 6.92 Å². The fraction of sp³-hybridized carbons (Fsp3) is 0.167. The van der Waals surface area contributed by atoms with Crippen molar-refractivity contribution in [2.24, 2.45) is 7.05 Å². The van der Waals surface area contributed by atoms with Crippen LogP contribution < -0.4 is 5.32 Å². The van der Waals surface area contributed by atoms with Crippen LogP contribution in [-0.2, 0) is 11.8 Å². The predicted molar refractivity (Wildman–Crippen MR) is 102 cm³/mol. The summed E-state index contributed by atoms with van der Waals surface area (Å²) in [5.74, 6) is 0.152. The number of amides is 1. The normalized spacial score (nSPS) is 12.0. The lowest BCUT2D eigenvalue weighted by molar-refractivity contribution is -0.115. The summed E-state index contributed by atoms with van der Waals surface area (Å²) in [6, 6.07) is 12.9. The van der Waals surface area contributed by atoms with E-state index in [-0.39, 0.29) is 17.0 Å². The molecule has 8 heteroatoms. The van der Waals surface area contributed by atoms with Crippen molar-refractivity contribution in [3.63, 3.8) is 0 Å². The number of aromatic nitrogens is 3. The Hall–Kier alpha value is -2.38. The van der Waals surface area contributed by atoms with E-state index in [0.29, 0.717) is 21.7 Å². The van der Waals surface area contributed by atoms with E-state index in [1.807, 2.05) is 7.05 Å². The number of thioether (sulfide) groups is 1. The van der Waals surface area contributed by atoms with Gasteiger partial charge in [0.25, 0.3) is 0 Å². The molecule has 0 saturated carbocycles. The monoisotopic (exact) mass is 390 g/mol. The lowest BCUT2D eigenvalue weighted by atomic mass is 10.2. The molecule has 0 radical (unpaired) electrons. The largest absolute Gasteiger partial charge is 0.325 e. The van der Waals surface area contributed by atoms with Crippen molar-refractivity contribution in [1.82, 2.24) is 14.8 Å². The number of hydrogen-bond acceptors (Lipinski definition) is 4. The molecule has 0 unspecified atom stereocenters. The summed E-state index contributed by atoms with van der Waals surface area (Å²) >= 11 is 7.14. The highest BCUT2D eigenvalue weighted by Gasteiger charge is 2.19. The van der Waals surface area contributed by atoms with Crippen LogP contribution in [0.5, 0.6) is 0 Å². The molecule has 5 nitrogen and oxygen atoms in total. The van der Waals surface area contributed by atoms with Crippen LogP contribution >= 0.6 is 23.4 Å². The van der Waals surface area contributed by atoms with E-state index in [4.69, 9.17) is 11.6 Å². The van der Waals surface area contributed by atoms with E-state index < -0.39 is 0 Å². The van der Waals surface area contributed by atoms with E-state index in [2.05, 4.69) is 15.5 Å². The van der Waals surface area contributed by atoms with E-state index in [1.165, 1.54) is 23.9 Å². The van der Waals surface area contributed by atoms with Crippen LogP contribution in [0.3, 0.4) is 0 Å². The van der Waals surface area contributed by atoms with Crippen LogP contribution in [-0.4, -0.2) is 25.9 Å². The number of nitrogens with zero attached hydrogens (tertiary/aromatic N) is 3. The molecule has 1 heterocycles. The molecule has 0 saturated heterocycles. The van der Waals surface area contributed by atoms with Crippen LogP contribution in [0.25, 0.3) is 11.4 Å². The fourth-order valence-corrected chi connectivity index (χ4v) is 3.20. The molecule has 3 rings (SSSR count). The Balaban J connectivity index is 1.69. The molecule has 1 amide bonds. The Morgan fingerprint density at radius 2 is 1.81 bits per heavy atom. The number of carbonyl (C=O) groups is 1. The average molecular weight is 391 g/mol. The number of hydrogen-bond donors (Lipinski definition) is 1. The molecule has 1 atom stereocenters. The van der Waals surface area contributed by atoms with Gasteiger partial charge in [-0.15, -0.1) is 10.2 Å². The van der Waals surface area contributed by atoms with E-state index in [0.717, 1.165) is 5.56 Å². The lowest BCUT2D eigenvalue weighted by Crippen LogP contribution is -2.22. The number of benzene rings is 2. The van der Waals surface area contributed by atoms with E-state index in [9.17, 15) is 9.18 Å². The molecule has 0 aliphatic carbocycles. The second-order valence-electron chi connectivity index (χ2n) is 5.63. The van der Waals surface area contributed by atoms with Gasteiger partial charge in [-0.05, 0) is 55.5 Å². The van der Waals surface area contributed by atoms with Gasteiger partial charge in [-0.2, -0.15) is 0 Å². The van der Waals surface area contributed by atoms with Gasteiger partial charge >= 0.3 is 0 Å². The fourth-order valence-electron chi connectivity index (χ4n) is 2.26. The van der Waals surface area contributed by atoms with Gasteiger partial charge in [0.15, 0.2) is 11.0 Å². The summed E-state index contributed by atoms with van der Waals surface area (Å²) < 4.78 is 14.9. The minimum absolute atomic E-state index is 0.149. The van der Waals surface area contributed by atoms with E-state index >= 15 is 0 Å². The second kappa shape index (κ2) is 7.88. The Morgan fingerprint density at radius 3 is 2.46 bits per heavy atom. The molecule has 3 aromatic rings. The summed E-state index contributed by atoms with van der Waals surface area (Å²) in [5, 5.41) is 12.0. The first-order valence-electron chi connectivity index (χ1n) is 7.82. The topological polar surface area (TPSA) is 59.8 Å². The van der Waals surface area contributed by atoms with Gasteiger partial charge < -0.3 is 9.88 Å². The summed E-state index contributed by atoms with van der Waals surface area (Å²) in [4.78, 5) is 12.4. The molecule has 134 valence electrons. The Labute approximate surface area is 159 Å². The molecular weight excluding hydrogens is 375 g/mol. The predicted octanol–water partition coefficient (Wildman–Crippen LogP) is 4.39. The van der Waals surface area contributed by atoms with Crippen LogP contribution in [0, 0.1) is 5.82 Å². The summed E-state index contributed by atoms with van der Waals surface area (Å²) in [6.07, 6.45) is 0. The van der Waals surface area contributed by atoms with Crippen molar-refractivity contribution in [3.05, 3.63) is 59.4 Å². The van der Waals surface area contributed by atoms with Gasteiger partial charge in [-0.3, -0.25) is 4.79 Å². The molecule has 2 aromatic carbocycles. The zero-order chi connectivity index (χ0) is 18.7. The number of halogens is 2. The number of nitrogens with one attached hydrogen (secondary N) is 1. The molecule has 0 aliphatic rings. The minimum atomic E-state index is -0.380. The number of carbonyl (C=O) groups excluding carboxylic acids is 1. The van der Waals surface area contributed by atoms with Gasteiger partial charge in [0.1, 0.15) is 5.82 Å². The van der Waals surface area contributed by atoms with Gasteiger partial charge in [-0.25, -0.2) is 4.39 Å². The third kappa shape index (κ3) is 4.23. The maximum atomic E-state index is 13.1. The first-order valence-corrected chi connectivity index (χ1v) is 9.08. The van der Waals surface area contributed by atoms with Gasteiger partial charge in [0, 0.05) is 23.3 Å². The third-order valence-corrected chi connectivity index (χ3v) is 5.09.